The Morgan fingerprint density at radius 2 is 1.85 bits per heavy atom. The normalized spacial score (nSPS) is 7.54. The van der Waals surface area contributed by atoms with Crippen LogP contribution in [0, 0.1) is 0 Å². The van der Waals surface area contributed by atoms with Crippen molar-refractivity contribution in [1.29, 1.82) is 0 Å². The Morgan fingerprint density at radius 1 is 1.38 bits per heavy atom. The lowest BCUT2D eigenvalue weighted by Crippen LogP contribution is -1.72. The van der Waals surface area contributed by atoms with Crippen LogP contribution in [-0.4, -0.2) is 13.1 Å². The molecule has 13 heavy (non-hydrogen) atoms. The SMILES string of the molecule is C=C(C)c1ccccc1.CN=C=O. The summed E-state index contributed by atoms with van der Waals surface area (Å²) in [5.74, 6) is 0. The zero-order valence-electron chi connectivity index (χ0n) is 7.95. The highest BCUT2D eigenvalue weighted by atomic mass is 16.1. The third-order valence-corrected chi connectivity index (χ3v) is 1.36. The zero-order chi connectivity index (χ0) is 10.1. The van der Waals surface area contributed by atoms with E-state index in [1.54, 1.807) is 0 Å². The van der Waals surface area contributed by atoms with Crippen LogP contribution in [0.1, 0.15) is 12.5 Å². The van der Waals surface area contributed by atoms with E-state index in [9.17, 15) is 0 Å². The summed E-state index contributed by atoms with van der Waals surface area (Å²) in [6, 6.07) is 10.2. The lowest BCUT2D eigenvalue weighted by atomic mass is 10.1. The average Bonchev–Trinajstić information content (AvgIpc) is 2.19. The number of benzene rings is 1. The van der Waals surface area contributed by atoms with Gasteiger partial charge in [0, 0.05) is 7.05 Å². The molecule has 0 spiro atoms. The molecule has 0 aromatic heterocycles. The fraction of sp³-hybridized carbons (Fsp3) is 0.182. The van der Waals surface area contributed by atoms with Gasteiger partial charge >= 0.3 is 0 Å². The molecule has 0 unspecified atom stereocenters. The minimum Gasteiger partial charge on any atom is -0.211 e. The third kappa shape index (κ3) is 5.59. The van der Waals surface area contributed by atoms with Gasteiger partial charge in [0.15, 0.2) is 0 Å². The van der Waals surface area contributed by atoms with E-state index in [4.69, 9.17) is 4.79 Å². The Morgan fingerprint density at radius 3 is 2.08 bits per heavy atom. The highest BCUT2D eigenvalue weighted by Crippen LogP contribution is 2.08. The minimum atomic E-state index is 1.12. The molecule has 2 heteroatoms. The van der Waals surface area contributed by atoms with Crippen molar-refractivity contribution in [3.63, 3.8) is 0 Å². The Balaban J connectivity index is 0.000000310. The van der Waals surface area contributed by atoms with Gasteiger partial charge in [-0.05, 0) is 12.5 Å². The van der Waals surface area contributed by atoms with Gasteiger partial charge in [0.1, 0.15) is 0 Å². The van der Waals surface area contributed by atoms with Gasteiger partial charge in [-0.25, -0.2) is 9.79 Å². The number of hydrogen-bond donors (Lipinski definition) is 0. The van der Waals surface area contributed by atoms with E-state index in [2.05, 4.69) is 23.7 Å². The van der Waals surface area contributed by atoms with Gasteiger partial charge in [-0.2, -0.15) is 0 Å². The fourth-order valence-electron chi connectivity index (χ4n) is 0.723. The number of rotatable bonds is 1. The van der Waals surface area contributed by atoms with Crippen LogP contribution in [0.4, 0.5) is 0 Å². The first-order chi connectivity index (χ1) is 6.22. The van der Waals surface area contributed by atoms with Gasteiger partial charge in [-0.15, -0.1) is 0 Å². The number of nitrogens with zero attached hydrogens (tertiary/aromatic N) is 1. The first kappa shape index (κ1) is 11.3. The van der Waals surface area contributed by atoms with Crippen LogP contribution in [0.15, 0.2) is 41.9 Å². The Hall–Kier alpha value is -1.66. The van der Waals surface area contributed by atoms with E-state index < -0.39 is 0 Å². The molecule has 0 atom stereocenters. The summed E-state index contributed by atoms with van der Waals surface area (Å²) in [5, 5.41) is 0. The molecule has 0 saturated heterocycles. The van der Waals surface area contributed by atoms with E-state index in [0.29, 0.717) is 0 Å². The van der Waals surface area contributed by atoms with Crippen molar-refractivity contribution in [1.82, 2.24) is 0 Å². The maximum atomic E-state index is 8.88. The standard InChI is InChI=1S/C9H10.C2H3NO/c1-8(2)9-6-4-3-5-7-9;1-3-2-4/h3-7H,1H2,2H3;1H3. The molecule has 0 N–H and O–H groups in total. The second-order valence-electron chi connectivity index (χ2n) is 2.46. The predicted molar refractivity (Wildman–Crippen MR) is 55.2 cm³/mol. The second kappa shape index (κ2) is 7.01. The van der Waals surface area contributed by atoms with E-state index in [0.717, 1.165) is 5.57 Å². The largest absolute Gasteiger partial charge is 0.234 e. The van der Waals surface area contributed by atoms with Gasteiger partial charge in [0.2, 0.25) is 6.08 Å². The molecule has 0 bridgehead atoms. The number of carbonyl (C=O) groups excluding carboxylic acids is 1. The third-order valence-electron chi connectivity index (χ3n) is 1.36. The summed E-state index contributed by atoms with van der Waals surface area (Å²) in [6.45, 7) is 5.83. The molecule has 0 aliphatic carbocycles. The molecule has 0 amide bonds. The highest BCUT2D eigenvalue weighted by molar-refractivity contribution is 5.60. The number of isocyanates is 1. The van der Waals surface area contributed by atoms with Crippen LogP contribution in [-0.2, 0) is 4.79 Å². The van der Waals surface area contributed by atoms with Crippen molar-refractivity contribution in [2.75, 3.05) is 7.05 Å². The van der Waals surface area contributed by atoms with E-state index >= 15 is 0 Å². The highest BCUT2D eigenvalue weighted by Gasteiger charge is 1.86. The molecular weight excluding hydrogens is 162 g/mol. The first-order valence-electron chi connectivity index (χ1n) is 3.89. The summed E-state index contributed by atoms with van der Waals surface area (Å²) in [7, 11) is 1.38. The molecule has 0 aliphatic heterocycles. The lowest BCUT2D eigenvalue weighted by Gasteiger charge is -1.94. The summed E-state index contributed by atoms with van der Waals surface area (Å²) >= 11 is 0. The maximum Gasteiger partial charge on any atom is 0.234 e. The van der Waals surface area contributed by atoms with Crippen LogP contribution < -0.4 is 0 Å². The van der Waals surface area contributed by atoms with Gasteiger partial charge < -0.3 is 0 Å². The number of hydrogen-bond acceptors (Lipinski definition) is 2. The predicted octanol–water partition coefficient (Wildman–Crippen LogP) is 2.67. The maximum absolute atomic E-state index is 8.88. The average molecular weight is 175 g/mol. The molecule has 0 heterocycles. The smallest absolute Gasteiger partial charge is 0.211 e. The second-order valence-corrected chi connectivity index (χ2v) is 2.46. The molecule has 1 aromatic carbocycles. The van der Waals surface area contributed by atoms with E-state index in [1.807, 2.05) is 25.1 Å². The monoisotopic (exact) mass is 175 g/mol. The molecule has 0 aliphatic rings. The van der Waals surface area contributed by atoms with Gasteiger partial charge in [0.05, 0.1) is 0 Å². The first-order valence-corrected chi connectivity index (χ1v) is 3.89. The summed E-state index contributed by atoms with van der Waals surface area (Å²) in [6.07, 6.45) is 1.31. The quantitative estimate of drug-likeness (QED) is 0.476. The molecule has 1 aromatic rings. The summed E-state index contributed by atoms with van der Waals surface area (Å²) in [4.78, 5) is 11.8. The molecular formula is C11H13NO. The van der Waals surface area contributed by atoms with Crippen molar-refractivity contribution in [2.24, 2.45) is 4.99 Å². The van der Waals surface area contributed by atoms with E-state index in [1.165, 1.54) is 18.7 Å². The fourth-order valence-corrected chi connectivity index (χ4v) is 0.723. The molecule has 0 saturated carbocycles. The van der Waals surface area contributed by atoms with Crippen molar-refractivity contribution >= 4 is 11.7 Å². The van der Waals surface area contributed by atoms with E-state index in [-0.39, 0.29) is 0 Å². The summed E-state index contributed by atoms with van der Waals surface area (Å²) < 4.78 is 0. The molecule has 68 valence electrons. The molecule has 2 nitrogen and oxygen atoms in total. The van der Waals surface area contributed by atoms with Gasteiger partial charge in [-0.1, -0.05) is 42.5 Å². The van der Waals surface area contributed by atoms with Crippen LogP contribution in [0.25, 0.3) is 5.57 Å². The van der Waals surface area contributed by atoms with Crippen molar-refractivity contribution in [3.05, 3.63) is 42.5 Å². The molecule has 0 fully saturated rings. The molecule has 1 rings (SSSR count). The molecule has 0 radical (unpaired) electrons. The lowest BCUT2D eigenvalue weighted by molar-refractivity contribution is 0.564. The van der Waals surface area contributed by atoms with Crippen molar-refractivity contribution in [3.8, 4) is 0 Å². The van der Waals surface area contributed by atoms with Crippen molar-refractivity contribution in [2.45, 2.75) is 6.92 Å². The number of aliphatic imine (C=N–C) groups is 1. The Bertz CT molecular complexity index is 297. The Labute approximate surface area is 78.6 Å². The van der Waals surface area contributed by atoms with Crippen molar-refractivity contribution < 1.29 is 4.79 Å². The summed E-state index contributed by atoms with van der Waals surface area (Å²) in [5.41, 5.74) is 2.34. The van der Waals surface area contributed by atoms with Crippen LogP contribution in [0.2, 0.25) is 0 Å². The number of allylic oxidation sites excluding steroid dienone is 1. The zero-order valence-corrected chi connectivity index (χ0v) is 7.95. The van der Waals surface area contributed by atoms with Gasteiger partial charge in [-0.3, -0.25) is 0 Å². The topological polar surface area (TPSA) is 29.4 Å². The van der Waals surface area contributed by atoms with Crippen LogP contribution in [0.5, 0.6) is 0 Å². The Kier molecular flexibility index (Phi) is 6.12. The van der Waals surface area contributed by atoms with Gasteiger partial charge in [0.25, 0.3) is 0 Å². The van der Waals surface area contributed by atoms with Crippen LogP contribution in [0.3, 0.4) is 0 Å². The minimum absolute atomic E-state index is 1.12. The van der Waals surface area contributed by atoms with Crippen LogP contribution >= 0.6 is 0 Å².